The fourth-order valence-electron chi connectivity index (χ4n) is 4.28. The molecule has 0 spiro atoms. The number of benzene rings is 2. The molecule has 1 aliphatic carbocycles. The minimum absolute atomic E-state index is 0.0577. The maximum absolute atomic E-state index is 13.1. The molecular weight excluding hydrogens is 355 g/mol. The molecule has 0 amide bonds. The lowest BCUT2D eigenvalue weighted by Gasteiger charge is -2.38. The Morgan fingerprint density at radius 2 is 2.00 bits per heavy atom. The minimum atomic E-state index is -4.40. The van der Waals surface area contributed by atoms with Crippen LogP contribution in [0.5, 0.6) is 0 Å². The van der Waals surface area contributed by atoms with Crippen molar-refractivity contribution < 1.29 is 23.1 Å². The van der Waals surface area contributed by atoms with E-state index < -0.39 is 17.7 Å². The number of alkyl halides is 3. The van der Waals surface area contributed by atoms with E-state index in [9.17, 15) is 23.1 Å². The number of hydrogen-bond acceptors (Lipinski definition) is 2. The van der Waals surface area contributed by atoms with Crippen molar-refractivity contribution in [3.05, 3.63) is 76.4 Å². The molecule has 2 aromatic carbocycles. The van der Waals surface area contributed by atoms with Gasteiger partial charge in [-0.05, 0) is 54.2 Å². The van der Waals surface area contributed by atoms with Crippen LogP contribution in [0.25, 0.3) is 0 Å². The molecule has 0 radical (unpaired) electrons. The molecule has 2 aliphatic rings. The molecule has 27 heavy (non-hydrogen) atoms. The second-order valence-corrected chi connectivity index (χ2v) is 7.11. The van der Waals surface area contributed by atoms with E-state index in [0.717, 1.165) is 18.1 Å². The van der Waals surface area contributed by atoms with Gasteiger partial charge < -0.3 is 10.4 Å². The van der Waals surface area contributed by atoms with Gasteiger partial charge in [-0.1, -0.05) is 30.4 Å². The molecule has 1 heterocycles. The largest absolute Gasteiger partial charge is 0.478 e. The first-order valence-corrected chi connectivity index (χ1v) is 8.74. The van der Waals surface area contributed by atoms with E-state index in [-0.39, 0.29) is 23.4 Å². The van der Waals surface area contributed by atoms with Crippen molar-refractivity contribution in [3.8, 4) is 0 Å². The van der Waals surface area contributed by atoms with E-state index in [2.05, 4.69) is 11.4 Å². The Morgan fingerprint density at radius 3 is 2.70 bits per heavy atom. The van der Waals surface area contributed by atoms with Crippen molar-refractivity contribution in [2.24, 2.45) is 5.92 Å². The summed E-state index contributed by atoms with van der Waals surface area (Å²) in [6, 6.07) is 8.48. The number of anilines is 1. The molecule has 3 atom stereocenters. The number of nitrogens with one attached hydrogen (secondary N) is 1. The molecular formula is C21H18F3NO2. The Labute approximate surface area is 154 Å². The van der Waals surface area contributed by atoms with Crippen LogP contribution in [0, 0.1) is 12.8 Å². The van der Waals surface area contributed by atoms with E-state index >= 15 is 0 Å². The summed E-state index contributed by atoms with van der Waals surface area (Å²) in [4.78, 5) is 11.5. The molecule has 0 unspecified atom stereocenters. The lowest BCUT2D eigenvalue weighted by molar-refractivity contribution is -0.137. The van der Waals surface area contributed by atoms with Gasteiger partial charge in [0.15, 0.2) is 0 Å². The molecule has 0 bridgehead atoms. The van der Waals surface area contributed by atoms with Crippen LogP contribution in [0.4, 0.5) is 18.9 Å². The van der Waals surface area contributed by atoms with E-state index in [1.54, 1.807) is 19.1 Å². The van der Waals surface area contributed by atoms with Gasteiger partial charge in [-0.2, -0.15) is 13.2 Å². The van der Waals surface area contributed by atoms with Gasteiger partial charge in [-0.3, -0.25) is 0 Å². The summed E-state index contributed by atoms with van der Waals surface area (Å²) in [5.41, 5.74) is 2.41. The summed E-state index contributed by atoms with van der Waals surface area (Å²) in [5, 5.41) is 12.8. The summed E-state index contributed by atoms with van der Waals surface area (Å²) in [6.07, 6.45) is 0.484. The fourth-order valence-corrected chi connectivity index (χ4v) is 4.28. The van der Waals surface area contributed by atoms with Crippen LogP contribution < -0.4 is 5.32 Å². The summed E-state index contributed by atoms with van der Waals surface area (Å²) in [6.45, 7) is 1.73. The highest BCUT2D eigenvalue weighted by Gasteiger charge is 2.40. The number of carboxylic acids is 1. The van der Waals surface area contributed by atoms with Crippen molar-refractivity contribution in [1.82, 2.24) is 0 Å². The molecule has 4 rings (SSSR count). The molecule has 2 N–H and O–H groups in total. The number of carboxylic acid groups (broad SMARTS) is 1. The molecule has 0 fully saturated rings. The zero-order chi connectivity index (χ0) is 19.3. The van der Waals surface area contributed by atoms with Crippen molar-refractivity contribution in [1.29, 1.82) is 0 Å². The highest BCUT2D eigenvalue weighted by molar-refractivity contribution is 5.92. The predicted molar refractivity (Wildman–Crippen MR) is 95.9 cm³/mol. The Hall–Kier alpha value is -2.76. The summed E-state index contributed by atoms with van der Waals surface area (Å²) < 4.78 is 39.4. The maximum Gasteiger partial charge on any atom is 0.416 e. The van der Waals surface area contributed by atoms with Crippen molar-refractivity contribution in [3.63, 3.8) is 0 Å². The van der Waals surface area contributed by atoms with Crippen LogP contribution in [0.15, 0.2) is 48.6 Å². The van der Waals surface area contributed by atoms with Crippen molar-refractivity contribution >= 4 is 11.7 Å². The van der Waals surface area contributed by atoms with Crippen LogP contribution in [0.2, 0.25) is 0 Å². The Morgan fingerprint density at radius 1 is 1.22 bits per heavy atom. The zero-order valence-electron chi connectivity index (χ0n) is 14.5. The van der Waals surface area contributed by atoms with Gasteiger partial charge in [0.05, 0.1) is 17.2 Å². The predicted octanol–water partition coefficient (Wildman–Crippen LogP) is 5.54. The van der Waals surface area contributed by atoms with Crippen molar-refractivity contribution in [2.75, 3.05) is 5.32 Å². The number of halogens is 3. The Balaban J connectivity index is 1.82. The van der Waals surface area contributed by atoms with Crippen LogP contribution in [0.3, 0.4) is 0 Å². The molecule has 2 aromatic rings. The average Bonchev–Trinajstić information content (AvgIpc) is 3.10. The van der Waals surface area contributed by atoms with E-state index in [0.29, 0.717) is 16.8 Å². The third-order valence-corrected chi connectivity index (χ3v) is 5.60. The molecule has 6 heteroatoms. The summed E-state index contributed by atoms with van der Waals surface area (Å²) >= 11 is 0. The van der Waals surface area contributed by atoms with Gasteiger partial charge in [-0.15, -0.1) is 0 Å². The van der Waals surface area contributed by atoms with Crippen LogP contribution in [-0.4, -0.2) is 11.1 Å². The summed E-state index contributed by atoms with van der Waals surface area (Å²) in [7, 11) is 0. The smallest absolute Gasteiger partial charge is 0.416 e. The monoisotopic (exact) mass is 373 g/mol. The first kappa shape index (κ1) is 17.6. The number of allylic oxidation sites excluding steroid dienone is 2. The number of hydrogen-bond donors (Lipinski definition) is 2. The molecule has 0 aromatic heterocycles. The first-order chi connectivity index (χ1) is 12.8. The normalized spacial score (nSPS) is 23.5. The van der Waals surface area contributed by atoms with E-state index in [1.807, 2.05) is 12.1 Å². The third kappa shape index (κ3) is 2.89. The second kappa shape index (κ2) is 6.15. The standard InChI is InChI=1S/C21H18F3NO2/c1-11-14(20(26)27)8-9-17-15-6-3-7-16(15)19(25-18(11)17)12-4-2-5-13(10-12)21(22,23)24/h2-6,8-10,15-16,19,25H,7H2,1H3,(H,26,27)/t15-,16-,19+/m1/s1. The molecule has 0 saturated heterocycles. The first-order valence-electron chi connectivity index (χ1n) is 8.74. The van der Waals surface area contributed by atoms with Crippen LogP contribution >= 0.6 is 0 Å². The summed E-state index contributed by atoms with van der Waals surface area (Å²) in [5.74, 6) is -0.866. The number of fused-ring (bicyclic) bond motifs is 3. The lowest BCUT2D eigenvalue weighted by atomic mass is 9.75. The quantitative estimate of drug-likeness (QED) is 0.680. The molecule has 140 valence electrons. The number of rotatable bonds is 2. The second-order valence-electron chi connectivity index (χ2n) is 7.11. The van der Waals surface area contributed by atoms with Crippen molar-refractivity contribution in [2.45, 2.75) is 31.5 Å². The highest BCUT2D eigenvalue weighted by Crippen LogP contribution is 2.51. The zero-order valence-corrected chi connectivity index (χ0v) is 14.5. The van der Waals surface area contributed by atoms with Gasteiger partial charge in [0.2, 0.25) is 0 Å². The third-order valence-electron chi connectivity index (χ3n) is 5.60. The maximum atomic E-state index is 13.1. The minimum Gasteiger partial charge on any atom is -0.478 e. The van der Waals surface area contributed by atoms with Gasteiger partial charge in [-0.25, -0.2) is 4.79 Å². The SMILES string of the molecule is Cc1c(C(=O)O)ccc2c1N[C@@H](c1cccc(C(F)(F)F)c1)[C@@H]1CC=C[C@@H]21. The van der Waals surface area contributed by atoms with Gasteiger partial charge in [0.1, 0.15) is 0 Å². The number of carbonyl (C=O) groups is 1. The molecule has 0 saturated carbocycles. The number of aromatic carboxylic acids is 1. The van der Waals surface area contributed by atoms with E-state index in [4.69, 9.17) is 0 Å². The fraction of sp³-hybridized carbons (Fsp3) is 0.286. The Bertz CT molecular complexity index is 949. The van der Waals surface area contributed by atoms with Crippen LogP contribution in [-0.2, 0) is 6.18 Å². The Kier molecular flexibility index (Phi) is 4.02. The highest BCUT2D eigenvalue weighted by atomic mass is 19.4. The molecule has 1 aliphatic heterocycles. The topological polar surface area (TPSA) is 49.3 Å². The van der Waals surface area contributed by atoms with Gasteiger partial charge in [0, 0.05) is 11.6 Å². The van der Waals surface area contributed by atoms with Gasteiger partial charge in [0.25, 0.3) is 0 Å². The van der Waals surface area contributed by atoms with Crippen LogP contribution in [0.1, 0.15) is 51.0 Å². The average molecular weight is 373 g/mol. The molecule has 3 nitrogen and oxygen atoms in total. The lowest BCUT2D eigenvalue weighted by Crippen LogP contribution is -2.30. The van der Waals surface area contributed by atoms with E-state index in [1.165, 1.54) is 12.1 Å². The van der Waals surface area contributed by atoms with Gasteiger partial charge >= 0.3 is 12.1 Å².